The van der Waals surface area contributed by atoms with Crippen molar-refractivity contribution in [2.75, 3.05) is 7.11 Å². The van der Waals surface area contributed by atoms with E-state index in [-0.39, 0.29) is 11.9 Å². The van der Waals surface area contributed by atoms with E-state index >= 15 is 0 Å². The van der Waals surface area contributed by atoms with Gasteiger partial charge in [-0.3, -0.25) is 14.2 Å². The molecular weight excluding hydrogens is 370 g/mol. The second-order valence-corrected chi connectivity index (χ2v) is 7.22. The molecule has 2 aromatic carbocycles. The van der Waals surface area contributed by atoms with Crippen molar-refractivity contribution in [1.82, 2.24) is 14.5 Å². The molecule has 0 unspecified atom stereocenters. The number of methoxy groups -OCH3 is 1. The van der Waals surface area contributed by atoms with E-state index in [1.54, 1.807) is 48.5 Å². The Balaban J connectivity index is 1.99. The topological polar surface area (TPSA) is 82.3 Å². The Labute approximate surface area is 167 Å². The maximum absolute atomic E-state index is 13.5. The molecule has 0 saturated heterocycles. The summed E-state index contributed by atoms with van der Waals surface area (Å²) in [4.78, 5) is 39.6. The van der Waals surface area contributed by atoms with Crippen LogP contribution in [0, 0.1) is 0 Å². The minimum atomic E-state index is -0.703. The molecule has 1 amide bonds. The number of nitrogens with one attached hydrogen (secondary N) is 1. The fourth-order valence-electron chi connectivity index (χ4n) is 3.57. The maximum atomic E-state index is 13.5. The second-order valence-electron chi connectivity index (χ2n) is 7.22. The number of hydrogen-bond donors (Lipinski definition) is 1. The van der Waals surface area contributed by atoms with E-state index in [4.69, 9.17) is 4.74 Å². The van der Waals surface area contributed by atoms with Gasteiger partial charge in [-0.2, -0.15) is 0 Å². The summed E-state index contributed by atoms with van der Waals surface area (Å²) < 4.78 is 7.79. The van der Waals surface area contributed by atoms with E-state index < -0.39 is 17.3 Å². The zero-order valence-corrected chi connectivity index (χ0v) is 16.4. The van der Waals surface area contributed by atoms with Crippen LogP contribution < -0.4 is 21.3 Å². The van der Waals surface area contributed by atoms with E-state index in [0.717, 1.165) is 17.4 Å². The minimum absolute atomic E-state index is 0.183. The standard InChI is InChI=1S/C22H23N3O4/c1-3-18(20(26)23-14-11-12-14)25-19-10-5-4-9-17(19)21(27)24(22(25)28)15-7-6-8-16(13-15)29-2/h4-10,13-14,18H,3,11-12H2,1-2H3,(H,23,26)/t18-/m1/s1. The highest BCUT2D eigenvalue weighted by Crippen LogP contribution is 2.23. The summed E-state index contributed by atoms with van der Waals surface area (Å²) >= 11 is 0. The molecule has 4 rings (SSSR count). The lowest BCUT2D eigenvalue weighted by Crippen LogP contribution is -2.44. The Morgan fingerprint density at radius 1 is 1.17 bits per heavy atom. The zero-order valence-electron chi connectivity index (χ0n) is 16.4. The Morgan fingerprint density at radius 2 is 1.93 bits per heavy atom. The van der Waals surface area contributed by atoms with Crippen molar-refractivity contribution < 1.29 is 9.53 Å². The lowest BCUT2D eigenvalue weighted by molar-refractivity contribution is -0.124. The Bertz CT molecular complexity index is 1190. The molecule has 1 aliphatic carbocycles. The average Bonchev–Trinajstić information content (AvgIpc) is 3.55. The predicted octanol–water partition coefficient (Wildman–Crippen LogP) is 2.39. The van der Waals surface area contributed by atoms with E-state index in [0.29, 0.717) is 28.8 Å². The van der Waals surface area contributed by atoms with Crippen LogP contribution in [-0.2, 0) is 4.79 Å². The number of fused-ring (bicyclic) bond motifs is 1. The van der Waals surface area contributed by atoms with Crippen LogP contribution >= 0.6 is 0 Å². The summed E-state index contributed by atoms with van der Waals surface area (Å²) in [5, 5.41) is 3.36. The molecule has 1 fully saturated rings. The molecule has 1 aliphatic rings. The number of rotatable bonds is 6. The first-order valence-electron chi connectivity index (χ1n) is 9.76. The van der Waals surface area contributed by atoms with Gasteiger partial charge >= 0.3 is 5.69 Å². The van der Waals surface area contributed by atoms with Gasteiger partial charge in [-0.05, 0) is 43.5 Å². The highest BCUT2D eigenvalue weighted by atomic mass is 16.5. The van der Waals surface area contributed by atoms with Gasteiger partial charge in [-0.1, -0.05) is 25.1 Å². The fraction of sp³-hybridized carbons (Fsp3) is 0.318. The van der Waals surface area contributed by atoms with Crippen molar-refractivity contribution in [1.29, 1.82) is 0 Å². The molecule has 29 heavy (non-hydrogen) atoms. The van der Waals surface area contributed by atoms with Crippen molar-refractivity contribution in [3.05, 3.63) is 69.4 Å². The number of nitrogens with zero attached hydrogens (tertiary/aromatic N) is 2. The molecule has 0 radical (unpaired) electrons. The summed E-state index contributed by atoms with van der Waals surface area (Å²) in [6.07, 6.45) is 2.35. The lowest BCUT2D eigenvalue weighted by atomic mass is 10.1. The van der Waals surface area contributed by atoms with Crippen LogP contribution in [0.3, 0.4) is 0 Å². The van der Waals surface area contributed by atoms with Gasteiger partial charge in [0.1, 0.15) is 11.8 Å². The summed E-state index contributed by atoms with van der Waals surface area (Å²) in [7, 11) is 1.52. The Kier molecular flexibility index (Phi) is 4.96. The fourth-order valence-corrected chi connectivity index (χ4v) is 3.57. The monoisotopic (exact) mass is 393 g/mol. The number of hydrogen-bond acceptors (Lipinski definition) is 4. The number of benzene rings is 2. The van der Waals surface area contributed by atoms with Gasteiger partial charge in [0.05, 0.1) is 23.7 Å². The van der Waals surface area contributed by atoms with Gasteiger partial charge in [-0.15, -0.1) is 0 Å². The second kappa shape index (κ2) is 7.58. The smallest absolute Gasteiger partial charge is 0.336 e. The average molecular weight is 393 g/mol. The molecular formula is C22H23N3O4. The highest BCUT2D eigenvalue weighted by molar-refractivity contribution is 5.85. The molecule has 150 valence electrons. The number of ether oxygens (including phenoxy) is 1. The van der Waals surface area contributed by atoms with Crippen LogP contribution in [0.2, 0.25) is 0 Å². The maximum Gasteiger partial charge on any atom is 0.336 e. The highest BCUT2D eigenvalue weighted by Gasteiger charge is 2.30. The van der Waals surface area contributed by atoms with Gasteiger partial charge in [0.15, 0.2) is 0 Å². The summed E-state index contributed by atoms with van der Waals surface area (Å²) in [5.41, 5.74) is -0.108. The summed E-state index contributed by atoms with van der Waals surface area (Å²) in [5.74, 6) is 0.338. The van der Waals surface area contributed by atoms with E-state index in [2.05, 4.69) is 5.32 Å². The van der Waals surface area contributed by atoms with Crippen LogP contribution in [0.4, 0.5) is 0 Å². The van der Waals surface area contributed by atoms with Crippen molar-refractivity contribution in [2.24, 2.45) is 0 Å². The molecule has 0 spiro atoms. The number of aromatic nitrogens is 2. The van der Waals surface area contributed by atoms with Crippen LogP contribution in [0.15, 0.2) is 58.1 Å². The number of para-hydroxylation sites is 1. The molecule has 1 saturated carbocycles. The molecule has 7 heteroatoms. The quantitative estimate of drug-likeness (QED) is 0.697. The predicted molar refractivity (Wildman–Crippen MR) is 111 cm³/mol. The largest absolute Gasteiger partial charge is 0.497 e. The van der Waals surface area contributed by atoms with Gasteiger partial charge in [-0.25, -0.2) is 9.36 Å². The van der Waals surface area contributed by atoms with Crippen molar-refractivity contribution in [2.45, 2.75) is 38.3 Å². The third-order valence-corrected chi connectivity index (χ3v) is 5.23. The van der Waals surface area contributed by atoms with Crippen LogP contribution in [0.5, 0.6) is 5.75 Å². The number of carbonyl (C=O) groups excluding carboxylic acids is 1. The molecule has 1 aromatic heterocycles. The van der Waals surface area contributed by atoms with E-state index in [1.165, 1.54) is 11.7 Å². The Hall–Kier alpha value is -3.35. The van der Waals surface area contributed by atoms with Crippen molar-refractivity contribution >= 4 is 16.8 Å². The number of carbonyl (C=O) groups is 1. The summed E-state index contributed by atoms with van der Waals surface area (Å²) in [6.45, 7) is 1.86. The molecule has 3 aromatic rings. The van der Waals surface area contributed by atoms with Crippen molar-refractivity contribution in [3.8, 4) is 11.4 Å². The minimum Gasteiger partial charge on any atom is -0.497 e. The van der Waals surface area contributed by atoms with Gasteiger partial charge in [0.25, 0.3) is 5.56 Å². The first-order chi connectivity index (χ1) is 14.0. The third-order valence-electron chi connectivity index (χ3n) is 5.23. The van der Waals surface area contributed by atoms with Gasteiger partial charge in [0, 0.05) is 12.1 Å². The van der Waals surface area contributed by atoms with E-state index in [1.807, 2.05) is 6.92 Å². The third kappa shape index (κ3) is 3.44. The first kappa shape index (κ1) is 19.0. The van der Waals surface area contributed by atoms with Crippen LogP contribution in [0.25, 0.3) is 16.6 Å². The molecule has 7 nitrogen and oxygen atoms in total. The van der Waals surface area contributed by atoms with Gasteiger partial charge < -0.3 is 10.1 Å². The van der Waals surface area contributed by atoms with Crippen LogP contribution in [0.1, 0.15) is 32.2 Å². The normalized spacial score (nSPS) is 14.6. The molecule has 1 N–H and O–H groups in total. The summed E-state index contributed by atoms with van der Waals surface area (Å²) in [6, 6.07) is 13.1. The van der Waals surface area contributed by atoms with Crippen molar-refractivity contribution in [3.63, 3.8) is 0 Å². The SMILES string of the molecule is CC[C@H](C(=O)NC1CC1)n1c(=O)n(-c2cccc(OC)c2)c(=O)c2ccccc21. The van der Waals surface area contributed by atoms with Gasteiger partial charge in [0.2, 0.25) is 5.91 Å². The van der Waals surface area contributed by atoms with Crippen LogP contribution in [-0.4, -0.2) is 28.2 Å². The first-order valence-corrected chi connectivity index (χ1v) is 9.76. The zero-order chi connectivity index (χ0) is 20.5. The molecule has 0 aliphatic heterocycles. The number of amides is 1. The van der Waals surface area contributed by atoms with E-state index in [9.17, 15) is 14.4 Å². The molecule has 1 heterocycles. The Morgan fingerprint density at radius 3 is 2.62 bits per heavy atom. The molecule has 1 atom stereocenters. The molecule has 0 bridgehead atoms. The lowest BCUT2D eigenvalue weighted by Gasteiger charge is -2.21.